The molecule has 4 heteroatoms. The maximum Gasteiger partial charge on any atom is 0.297 e. The number of oxazole rings is 1. The lowest BCUT2D eigenvalue weighted by Crippen LogP contribution is -2.28. The molecule has 1 heterocycles. The third kappa shape index (κ3) is 2.91. The number of aromatic nitrogens is 1. The van der Waals surface area contributed by atoms with Gasteiger partial charge in [-0.25, -0.2) is 0 Å². The standard InChI is InChI=1S/C12H19ClN2O/c1-9(2)5-6-15(11-3-4-11)12-14-10(7-13)8-16-12/h8-9,11H,3-7H2,1-2H3. The highest BCUT2D eigenvalue weighted by atomic mass is 35.5. The molecule has 90 valence electrons. The van der Waals surface area contributed by atoms with Crippen molar-refractivity contribution in [3.63, 3.8) is 0 Å². The summed E-state index contributed by atoms with van der Waals surface area (Å²) >= 11 is 5.73. The van der Waals surface area contributed by atoms with E-state index in [1.807, 2.05) is 0 Å². The maximum atomic E-state index is 5.73. The fourth-order valence-corrected chi connectivity index (χ4v) is 1.83. The minimum Gasteiger partial charge on any atom is -0.432 e. The summed E-state index contributed by atoms with van der Waals surface area (Å²) in [5, 5.41) is 0. The topological polar surface area (TPSA) is 29.3 Å². The van der Waals surface area contributed by atoms with Crippen LogP contribution in [0.4, 0.5) is 6.01 Å². The van der Waals surface area contributed by atoms with Gasteiger partial charge >= 0.3 is 0 Å². The van der Waals surface area contributed by atoms with Crippen LogP contribution in [-0.4, -0.2) is 17.6 Å². The van der Waals surface area contributed by atoms with Gasteiger partial charge in [0, 0.05) is 12.6 Å². The van der Waals surface area contributed by atoms with E-state index in [2.05, 4.69) is 23.7 Å². The van der Waals surface area contributed by atoms with Crippen molar-refractivity contribution >= 4 is 17.6 Å². The molecule has 1 aromatic rings. The summed E-state index contributed by atoms with van der Waals surface area (Å²) in [7, 11) is 0. The molecule has 0 bridgehead atoms. The Morgan fingerprint density at radius 1 is 1.56 bits per heavy atom. The Bertz CT molecular complexity index is 334. The molecular formula is C12H19ClN2O. The van der Waals surface area contributed by atoms with Gasteiger partial charge in [0.25, 0.3) is 6.01 Å². The lowest BCUT2D eigenvalue weighted by molar-refractivity contribution is 0.503. The third-order valence-electron chi connectivity index (χ3n) is 2.86. The van der Waals surface area contributed by atoms with Gasteiger partial charge in [-0.05, 0) is 25.2 Å². The Hall–Kier alpha value is -0.700. The number of hydrogen-bond acceptors (Lipinski definition) is 3. The minimum absolute atomic E-state index is 0.423. The van der Waals surface area contributed by atoms with E-state index in [4.69, 9.17) is 16.0 Å². The average molecular weight is 243 g/mol. The molecule has 0 atom stereocenters. The molecule has 0 aliphatic heterocycles. The van der Waals surface area contributed by atoms with Crippen molar-refractivity contribution in [2.24, 2.45) is 5.92 Å². The third-order valence-corrected chi connectivity index (χ3v) is 3.13. The minimum atomic E-state index is 0.423. The molecule has 0 amide bonds. The van der Waals surface area contributed by atoms with Crippen LogP contribution in [0.3, 0.4) is 0 Å². The molecule has 0 saturated heterocycles. The molecule has 0 N–H and O–H groups in total. The molecule has 1 saturated carbocycles. The first-order valence-corrected chi connectivity index (χ1v) is 6.51. The Morgan fingerprint density at radius 3 is 2.81 bits per heavy atom. The first-order chi connectivity index (χ1) is 7.70. The van der Waals surface area contributed by atoms with Crippen molar-refractivity contribution in [1.82, 2.24) is 4.98 Å². The van der Waals surface area contributed by atoms with Gasteiger partial charge in [-0.15, -0.1) is 11.6 Å². The second-order valence-electron chi connectivity index (χ2n) is 4.86. The zero-order chi connectivity index (χ0) is 11.5. The molecule has 16 heavy (non-hydrogen) atoms. The van der Waals surface area contributed by atoms with Crippen molar-refractivity contribution in [2.45, 2.75) is 45.0 Å². The average Bonchev–Trinajstić information content (AvgIpc) is 2.96. The molecule has 1 fully saturated rings. The molecule has 0 aromatic carbocycles. The molecular weight excluding hydrogens is 224 g/mol. The van der Waals surface area contributed by atoms with Crippen LogP contribution in [0.5, 0.6) is 0 Å². The van der Waals surface area contributed by atoms with Crippen molar-refractivity contribution < 1.29 is 4.42 Å². The van der Waals surface area contributed by atoms with Gasteiger partial charge in [-0.2, -0.15) is 4.98 Å². The monoisotopic (exact) mass is 242 g/mol. The van der Waals surface area contributed by atoms with Crippen LogP contribution < -0.4 is 4.90 Å². The zero-order valence-corrected chi connectivity index (χ0v) is 10.7. The number of anilines is 1. The number of nitrogens with zero attached hydrogens (tertiary/aromatic N) is 2. The Kier molecular flexibility index (Phi) is 3.74. The quantitative estimate of drug-likeness (QED) is 0.716. The molecule has 3 nitrogen and oxygen atoms in total. The normalized spacial score (nSPS) is 15.8. The lowest BCUT2D eigenvalue weighted by Gasteiger charge is -2.20. The van der Waals surface area contributed by atoms with Crippen LogP contribution in [0.1, 0.15) is 38.8 Å². The van der Waals surface area contributed by atoms with Crippen molar-refractivity contribution in [3.8, 4) is 0 Å². The van der Waals surface area contributed by atoms with Gasteiger partial charge in [0.15, 0.2) is 0 Å². The fraction of sp³-hybridized carbons (Fsp3) is 0.750. The highest BCUT2D eigenvalue weighted by Gasteiger charge is 2.31. The number of halogens is 1. The number of alkyl halides is 1. The molecule has 0 radical (unpaired) electrons. The molecule has 0 unspecified atom stereocenters. The molecule has 1 aliphatic rings. The first kappa shape index (κ1) is 11.8. The maximum absolute atomic E-state index is 5.73. The van der Waals surface area contributed by atoms with E-state index in [0.29, 0.717) is 17.8 Å². The van der Waals surface area contributed by atoms with Gasteiger partial charge in [0.05, 0.1) is 11.6 Å². The van der Waals surface area contributed by atoms with Crippen molar-refractivity contribution in [1.29, 1.82) is 0 Å². The number of hydrogen-bond donors (Lipinski definition) is 0. The smallest absolute Gasteiger partial charge is 0.297 e. The Labute approximate surface area is 102 Å². The van der Waals surface area contributed by atoms with Crippen molar-refractivity contribution in [2.75, 3.05) is 11.4 Å². The summed E-state index contributed by atoms with van der Waals surface area (Å²) in [6.07, 6.45) is 5.36. The first-order valence-electron chi connectivity index (χ1n) is 5.97. The Balaban J connectivity index is 2.00. The summed E-state index contributed by atoms with van der Waals surface area (Å²) in [6, 6.07) is 1.39. The number of rotatable bonds is 6. The second kappa shape index (κ2) is 5.09. The fourth-order valence-electron chi connectivity index (χ4n) is 1.71. The molecule has 1 aromatic heterocycles. The summed E-state index contributed by atoms with van der Waals surface area (Å²) in [4.78, 5) is 6.68. The molecule has 0 spiro atoms. The van der Waals surface area contributed by atoms with Crippen LogP contribution in [0, 0.1) is 5.92 Å². The highest BCUT2D eigenvalue weighted by Crippen LogP contribution is 2.31. The van der Waals surface area contributed by atoms with E-state index in [-0.39, 0.29) is 0 Å². The van der Waals surface area contributed by atoms with Crippen molar-refractivity contribution in [3.05, 3.63) is 12.0 Å². The van der Waals surface area contributed by atoms with Gasteiger partial charge < -0.3 is 9.32 Å². The van der Waals surface area contributed by atoms with E-state index < -0.39 is 0 Å². The van der Waals surface area contributed by atoms with Crippen LogP contribution in [0.25, 0.3) is 0 Å². The molecule has 1 aliphatic carbocycles. The highest BCUT2D eigenvalue weighted by molar-refractivity contribution is 6.16. The predicted molar refractivity (Wildman–Crippen MR) is 65.9 cm³/mol. The van der Waals surface area contributed by atoms with E-state index in [1.165, 1.54) is 19.3 Å². The summed E-state index contributed by atoms with van der Waals surface area (Å²) in [5.41, 5.74) is 0.826. The van der Waals surface area contributed by atoms with Crippen LogP contribution >= 0.6 is 11.6 Å². The summed E-state index contributed by atoms with van der Waals surface area (Å²) in [5.74, 6) is 1.13. The molecule has 2 rings (SSSR count). The zero-order valence-electron chi connectivity index (χ0n) is 9.95. The van der Waals surface area contributed by atoms with E-state index in [1.54, 1.807) is 6.26 Å². The lowest BCUT2D eigenvalue weighted by atomic mass is 10.1. The summed E-state index contributed by atoms with van der Waals surface area (Å²) < 4.78 is 5.48. The van der Waals surface area contributed by atoms with Gasteiger partial charge in [-0.3, -0.25) is 0 Å². The van der Waals surface area contributed by atoms with E-state index in [9.17, 15) is 0 Å². The van der Waals surface area contributed by atoms with Crippen LogP contribution in [0.2, 0.25) is 0 Å². The van der Waals surface area contributed by atoms with Gasteiger partial charge in [-0.1, -0.05) is 13.8 Å². The summed E-state index contributed by atoms with van der Waals surface area (Å²) in [6.45, 7) is 5.51. The SMILES string of the molecule is CC(C)CCN(c1nc(CCl)co1)C1CC1. The van der Waals surface area contributed by atoms with Crippen LogP contribution in [0.15, 0.2) is 10.7 Å². The second-order valence-corrected chi connectivity index (χ2v) is 5.13. The van der Waals surface area contributed by atoms with Gasteiger partial charge in [0.2, 0.25) is 0 Å². The largest absolute Gasteiger partial charge is 0.432 e. The van der Waals surface area contributed by atoms with Crippen LogP contribution in [-0.2, 0) is 5.88 Å². The Morgan fingerprint density at radius 2 is 2.31 bits per heavy atom. The van der Waals surface area contributed by atoms with Gasteiger partial charge in [0.1, 0.15) is 6.26 Å². The van der Waals surface area contributed by atoms with E-state index in [0.717, 1.165) is 18.3 Å². The van der Waals surface area contributed by atoms with E-state index >= 15 is 0 Å². The predicted octanol–water partition coefficient (Wildman–Crippen LogP) is 3.43.